The Morgan fingerprint density at radius 1 is 1.29 bits per heavy atom. The van der Waals surface area contributed by atoms with E-state index in [1.807, 2.05) is 0 Å². The van der Waals surface area contributed by atoms with Crippen molar-refractivity contribution in [3.05, 3.63) is 62.0 Å². The Labute approximate surface area is 131 Å². The number of aromatic nitrogens is 2. The molecular weight excluding hydrogens is 313 g/mol. The number of nitrogens with one attached hydrogen (secondary N) is 1. The summed E-state index contributed by atoms with van der Waals surface area (Å²) in [4.78, 5) is 23.5. The monoisotopic (exact) mass is 325 g/mol. The fraction of sp³-hybridized carbons (Fsp3) is 0.214. The minimum Gasteiger partial charge on any atom is -0.350 e. The minimum atomic E-state index is -0.322. The molecule has 1 aromatic heterocycles. The van der Waals surface area contributed by atoms with Gasteiger partial charge in [-0.05, 0) is 31.2 Å². The standard InChI is InChI=1S/C14H13Cl2N3O2/c1-9-2-5-13(20)19(18-9)7-6-17-14(21)11-4-3-10(15)8-12(11)16/h2-5,8H,6-7H2,1H3,(H,17,21). The van der Waals surface area contributed by atoms with Crippen LogP contribution in [-0.2, 0) is 6.54 Å². The first-order valence-electron chi connectivity index (χ1n) is 6.25. The molecule has 7 heteroatoms. The number of halogens is 2. The van der Waals surface area contributed by atoms with Crippen LogP contribution in [-0.4, -0.2) is 22.2 Å². The number of benzene rings is 1. The van der Waals surface area contributed by atoms with Crippen LogP contribution in [0.5, 0.6) is 0 Å². The predicted molar refractivity (Wildman–Crippen MR) is 82.0 cm³/mol. The molecule has 110 valence electrons. The third kappa shape index (κ3) is 4.06. The van der Waals surface area contributed by atoms with Crippen molar-refractivity contribution < 1.29 is 4.79 Å². The summed E-state index contributed by atoms with van der Waals surface area (Å²) in [6, 6.07) is 7.74. The van der Waals surface area contributed by atoms with Crippen LogP contribution in [0.4, 0.5) is 0 Å². The van der Waals surface area contributed by atoms with Gasteiger partial charge in [0.2, 0.25) is 0 Å². The molecule has 0 aliphatic rings. The number of rotatable bonds is 4. The predicted octanol–water partition coefficient (Wildman–Crippen LogP) is 2.29. The molecule has 0 aliphatic heterocycles. The second kappa shape index (κ2) is 6.74. The first kappa shape index (κ1) is 15.5. The Hall–Kier alpha value is -1.85. The molecule has 0 radical (unpaired) electrons. The van der Waals surface area contributed by atoms with Crippen molar-refractivity contribution in [3.63, 3.8) is 0 Å². The topological polar surface area (TPSA) is 64.0 Å². The SMILES string of the molecule is Cc1ccc(=O)n(CCNC(=O)c2ccc(Cl)cc2Cl)n1. The van der Waals surface area contributed by atoms with Crippen LogP contribution in [0.15, 0.2) is 35.1 Å². The molecule has 0 atom stereocenters. The number of carbonyl (C=O) groups is 1. The third-order valence-electron chi connectivity index (χ3n) is 2.78. The van der Waals surface area contributed by atoms with Crippen molar-refractivity contribution in [1.29, 1.82) is 0 Å². The lowest BCUT2D eigenvalue weighted by atomic mass is 10.2. The van der Waals surface area contributed by atoms with E-state index in [2.05, 4.69) is 10.4 Å². The van der Waals surface area contributed by atoms with Crippen molar-refractivity contribution in [2.45, 2.75) is 13.5 Å². The summed E-state index contributed by atoms with van der Waals surface area (Å²) in [6.45, 7) is 2.35. The zero-order valence-electron chi connectivity index (χ0n) is 11.3. The Bertz CT molecular complexity index is 728. The van der Waals surface area contributed by atoms with Gasteiger partial charge in [0, 0.05) is 17.6 Å². The van der Waals surface area contributed by atoms with Crippen molar-refractivity contribution in [1.82, 2.24) is 15.1 Å². The first-order valence-corrected chi connectivity index (χ1v) is 7.01. The summed E-state index contributed by atoms with van der Waals surface area (Å²) < 4.78 is 1.30. The highest BCUT2D eigenvalue weighted by atomic mass is 35.5. The Kier molecular flexibility index (Phi) is 4.98. The molecule has 2 rings (SSSR count). The number of aryl methyl sites for hydroxylation is 1. The molecule has 5 nitrogen and oxygen atoms in total. The molecule has 0 bridgehead atoms. The summed E-state index contributed by atoms with van der Waals surface area (Å²) in [5, 5.41) is 7.52. The van der Waals surface area contributed by atoms with Gasteiger partial charge in [-0.1, -0.05) is 23.2 Å². The number of carbonyl (C=O) groups excluding carboxylic acids is 1. The van der Waals surface area contributed by atoms with E-state index in [4.69, 9.17) is 23.2 Å². The van der Waals surface area contributed by atoms with E-state index in [-0.39, 0.29) is 29.6 Å². The molecule has 0 saturated heterocycles. The van der Waals surface area contributed by atoms with E-state index < -0.39 is 0 Å². The van der Waals surface area contributed by atoms with E-state index in [1.54, 1.807) is 25.1 Å². The lowest BCUT2D eigenvalue weighted by Gasteiger charge is -2.08. The maximum absolute atomic E-state index is 12.0. The highest BCUT2D eigenvalue weighted by molar-refractivity contribution is 6.36. The fourth-order valence-electron chi connectivity index (χ4n) is 1.76. The lowest BCUT2D eigenvalue weighted by molar-refractivity contribution is 0.0952. The van der Waals surface area contributed by atoms with Crippen LogP contribution in [0.25, 0.3) is 0 Å². The maximum Gasteiger partial charge on any atom is 0.266 e. The van der Waals surface area contributed by atoms with Gasteiger partial charge in [0.25, 0.3) is 11.5 Å². The molecule has 0 unspecified atom stereocenters. The molecule has 0 aliphatic carbocycles. The van der Waals surface area contributed by atoms with Gasteiger partial charge in [-0.3, -0.25) is 9.59 Å². The van der Waals surface area contributed by atoms with Gasteiger partial charge < -0.3 is 5.32 Å². The van der Waals surface area contributed by atoms with Crippen molar-refractivity contribution >= 4 is 29.1 Å². The Morgan fingerprint density at radius 2 is 2.05 bits per heavy atom. The van der Waals surface area contributed by atoms with Crippen molar-refractivity contribution in [2.75, 3.05) is 6.54 Å². The maximum atomic E-state index is 12.0. The van der Waals surface area contributed by atoms with Crippen molar-refractivity contribution in [2.24, 2.45) is 0 Å². The van der Waals surface area contributed by atoms with E-state index in [9.17, 15) is 9.59 Å². The largest absolute Gasteiger partial charge is 0.350 e. The summed E-state index contributed by atoms with van der Waals surface area (Å²) in [5.41, 5.74) is 0.867. The average molecular weight is 326 g/mol. The molecule has 1 aromatic carbocycles. The summed E-state index contributed by atoms with van der Waals surface area (Å²) >= 11 is 11.7. The lowest BCUT2D eigenvalue weighted by Crippen LogP contribution is -2.32. The van der Waals surface area contributed by atoms with E-state index in [1.165, 1.54) is 16.8 Å². The van der Waals surface area contributed by atoms with Gasteiger partial charge in [-0.15, -0.1) is 0 Å². The summed E-state index contributed by atoms with van der Waals surface area (Å²) in [6.07, 6.45) is 0. The third-order valence-corrected chi connectivity index (χ3v) is 3.33. The van der Waals surface area contributed by atoms with E-state index in [0.717, 1.165) is 5.69 Å². The van der Waals surface area contributed by atoms with Gasteiger partial charge >= 0.3 is 0 Å². The van der Waals surface area contributed by atoms with Gasteiger partial charge in [-0.25, -0.2) is 4.68 Å². The zero-order chi connectivity index (χ0) is 15.4. The summed E-state index contributed by atoms with van der Waals surface area (Å²) in [5.74, 6) is -0.322. The number of hydrogen-bond donors (Lipinski definition) is 1. The second-order valence-corrected chi connectivity index (χ2v) is 5.26. The van der Waals surface area contributed by atoms with Crippen LogP contribution < -0.4 is 10.9 Å². The Morgan fingerprint density at radius 3 is 2.76 bits per heavy atom. The highest BCUT2D eigenvalue weighted by Gasteiger charge is 2.10. The Balaban J connectivity index is 1.98. The van der Waals surface area contributed by atoms with Crippen LogP contribution in [0.3, 0.4) is 0 Å². The van der Waals surface area contributed by atoms with Crippen molar-refractivity contribution in [3.8, 4) is 0 Å². The zero-order valence-corrected chi connectivity index (χ0v) is 12.8. The van der Waals surface area contributed by atoms with Gasteiger partial charge in [-0.2, -0.15) is 5.10 Å². The molecule has 1 amide bonds. The molecule has 0 spiro atoms. The first-order chi connectivity index (χ1) is 9.97. The normalized spacial score (nSPS) is 10.4. The van der Waals surface area contributed by atoms with Crippen LogP contribution in [0.1, 0.15) is 16.1 Å². The minimum absolute atomic E-state index is 0.209. The van der Waals surface area contributed by atoms with Crippen LogP contribution >= 0.6 is 23.2 Å². The van der Waals surface area contributed by atoms with Gasteiger partial charge in [0.05, 0.1) is 22.8 Å². The number of nitrogens with zero attached hydrogens (tertiary/aromatic N) is 2. The molecule has 2 aromatic rings. The summed E-state index contributed by atoms with van der Waals surface area (Å²) in [7, 11) is 0. The fourth-order valence-corrected chi connectivity index (χ4v) is 2.25. The second-order valence-electron chi connectivity index (χ2n) is 4.42. The van der Waals surface area contributed by atoms with E-state index >= 15 is 0 Å². The molecule has 0 saturated carbocycles. The molecule has 21 heavy (non-hydrogen) atoms. The number of hydrogen-bond acceptors (Lipinski definition) is 3. The molecule has 0 fully saturated rings. The van der Waals surface area contributed by atoms with Gasteiger partial charge in [0.1, 0.15) is 0 Å². The van der Waals surface area contributed by atoms with Crippen LogP contribution in [0, 0.1) is 6.92 Å². The molecule has 1 heterocycles. The number of amides is 1. The van der Waals surface area contributed by atoms with E-state index in [0.29, 0.717) is 10.6 Å². The smallest absolute Gasteiger partial charge is 0.266 e. The van der Waals surface area contributed by atoms with Crippen LogP contribution in [0.2, 0.25) is 10.0 Å². The highest BCUT2D eigenvalue weighted by Crippen LogP contribution is 2.20. The van der Waals surface area contributed by atoms with Gasteiger partial charge in [0.15, 0.2) is 0 Å². The quantitative estimate of drug-likeness (QED) is 0.938. The molecular formula is C14H13Cl2N3O2. The average Bonchev–Trinajstić information content (AvgIpc) is 2.42. The molecule has 1 N–H and O–H groups in total.